The Bertz CT molecular complexity index is 538. The Morgan fingerprint density at radius 2 is 1.91 bits per heavy atom. The van der Waals surface area contributed by atoms with Gasteiger partial charge >= 0.3 is 0 Å². The molecule has 0 saturated carbocycles. The van der Waals surface area contributed by atoms with E-state index in [0.717, 1.165) is 42.8 Å². The van der Waals surface area contributed by atoms with Crippen LogP contribution in [0.1, 0.15) is 35.6 Å². The summed E-state index contributed by atoms with van der Waals surface area (Å²) in [6.07, 6.45) is 1.86. The van der Waals surface area contributed by atoms with Crippen molar-refractivity contribution in [2.45, 2.75) is 44.9 Å². The molecule has 1 fully saturated rings. The van der Waals surface area contributed by atoms with E-state index in [9.17, 15) is 5.11 Å². The molecule has 0 spiro atoms. The van der Waals surface area contributed by atoms with Gasteiger partial charge < -0.3 is 14.7 Å². The molecule has 4 nitrogen and oxygen atoms in total. The summed E-state index contributed by atoms with van der Waals surface area (Å²) in [5.41, 5.74) is 3.25. The van der Waals surface area contributed by atoms with Gasteiger partial charge in [-0.05, 0) is 65.5 Å². The Morgan fingerprint density at radius 1 is 1.23 bits per heavy atom. The maximum Gasteiger partial charge on any atom is 0.128 e. The molecule has 2 atom stereocenters. The number of benzene rings is 1. The summed E-state index contributed by atoms with van der Waals surface area (Å²) in [6.45, 7) is 6.96. The number of nitrogens with zero attached hydrogens (tertiary/aromatic N) is 2. The second-order valence-corrected chi connectivity index (χ2v) is 7.02. The highest BCUT2D eigenvalue weighted by atomic mass is 16.5. The van der Waals surface area contributed by atoms with Crippen LogP contribution in [0.5, 0.6) is 5.75 Å². The first-order chi connectivity index (χ1) is 10.5. The highest BCUT2D eigenvalue weighted by Gasteiger charge is 2.36. The van der Waals surface area contributed by atoms with Crippen LogP contribution >= 0.6 is 0 Å². The molecule has 2 aliphatic heterocycles. The molecule has 3 rings (SSSR count). The average molecular weight is 304 g/mol. The minimum absolute atomic E-state index is 0.0436. The molecule has 1 N–H and O–H groups in total. The quantitative estimate of drug-likeness (QED) is 0.908. The molecular weight excluding hydrogens is 276 g/mol. The van der Waals surface area contributed by atoms with Gasteiger partial charge in [-0.25, -0.2) is 0 Å². The summed E-state index contributed by atoms with van der Waals surface area (Å²) < 4.78 is 6.01. The highest BCUT2D eigenvalue weighted by molar-refractivity contribution is 5.46. The van der Waals surface area contributed by atoms with Crippen molar-refractivity contribution in [1.29, 1.82) is 0 Å². The number of piperidine rings is 1. The summed E-state index contributed by atoms with van der Waals surface area (Å²) in [5.74, 6) is 0.881. The third kappa shape index (κ3) is 2.87. The number of fused-ring (bicyclic) bond motifs is 1. The number of aliphatic hydroxyl groups excluding tert-OH is 1. The zero-order valence-corrected chi connectivity index (χ0v) is 14.2. The Hall–Kier alpha value is -1.10. The summed E-state index contributed by atoms with van der Waals surface area (Å²) in [7, 11) is 4.32. The number of hydrogen-bond donors (Lipinski definition) is 1. The standard InChI is InChI=1S/C18H28N2O2/c1-12-9-13(2)18-15(10-12)17(21)16(11-22-18)20(4)14-5-7-19(3)8-6-14/h9-10,14,16-17,21H,5-8,11H2,1-4H3. The van der Waals surface area contributed by atoms with Crippen LogP contribution in [0.2, 0.25) is 0 Å². The maximum atomic E-state index is 10.9. The molecule has 1 saturated heterocycles. The van der Waals surface area contributed by atoms with Gasteiger partial charge in [0, 0.05) is 11.6 Å². The second kappa shape index (κ2) is 6.19. The van der Waals surface area contributed by atoms with Gasteiger partial charge in [-0.15, -0.1) is 0 Å². The molecule has 0 bridgehead atoms. The fraction of sp³-hybridized carbons (Fsp3) is 0.667. The predicted octanol–water partition coefficient (Wildman–Crippen LogP) is 2.12. The molecule has 2 aliphatic rings. The van der Waals surface area contributed by atoms with Gasteiger partial charge in [-0.2, -0.15) is 0 Å². The van der Waals surface area contributed by atoms with Crippen molar-refractivity contribution in [3.8, 4) is 5.75 Å². The van der Waals surface area contributed by atoms with Crippen LogP contribution in [0.4, 0.5) is 0 Å². The molecule has 0 aromatic heterocycles. The fourth-order valence-corrected chi connectivity index (χ4v) is 3.88. The summed E-state index contributed by atoms with van der Waals surface area (Å²) >= 11 is 0. The van der Waals surface area contributed by atoms with Crippen molar-refractivity contribution in [3.63, 3.8) is 0 Å². The normalized spacial score (nSPS) is 26.8. The smallest absolute Gasteiger partial charge is 0.128 e. The number of likely N-dealkylation sites (tertiary alicyclic amines) is 1. The topological polar surface area (TPSA) is 35.9 Å². The van der Waals surface area contributed by atoms with Gasteiger partial charge in [0.15, 0.2) is 0 Å². The molecular formula is C18H28N2O2. The van der Waals surface area contributed by atoms with E-state index in [1.165, 1.54) is 5.56 Å². The fourth-order valence-electron chi connectivity index (χ4n) is 3.88. The largest absolute Gasteiger partial charge is 0.491 e. The molecule has 0 radical (unpaired) electrons. The summed E-state index contributed by atoms with van der Waals surface area (Å²) in [6, 6.07) is 4.77. The van der Waals surface area contributed by atoms with E-state index in [4.69, 9.17) is 4.74 Å². The Kier molecular flexibility index (Phi) is 4.44. The lowest BCUT2D eigenvalue weighted by Crippen LogP contribution is -2.51. The first-order valence-corrected chi connectivity index (χ1v) is 8.30. The Morgan fingerprint density at radius 3 is 2.59 bits per heavy atom. The van der Waals surface area contributed by atoms with Gasteiger partial charge in [-0.3, -0.25) is 4.90 Å². The van der Waals surface area contributed by atoms with E-state index in [-0.39, 0.29) is 6.04 Å². The van der Waals surface area contributed by atoms with Crippen LogP contribution < -0.4 is 4.74 Å². The van der Waals surface area contributed by atoms with Crippen LogP contribution in [0.3, 0.4) is 0 Å². The third-order valence-corrected chi connectivity index (χ3v) is 5.32. The average Bonchev–Trinajstić information content (AvgIpc) is 2.48. The third-order valence-electron chi connectivity index (χ3n) is 5.32. The lowest BCUT2D eigenvalue weighted by Gasteiger charge is -2.43. The summed E-state index contributed by atoms with van der Waals surface area (Å²) in [5, 5.41) is 10.9. The molecule has 2 unspecified atom stereocenters. The zero-order valence-electron chi connectivity index (χ0n) is 14.2. The zero-order chi connectivity index (χ0) is 15.9. The van der Waals surface area contributed by atoms with Gasteiger partial charge in [0.2, 0.25) is 0 Å². The van der Waals surface area contributed by atoms with Gasteiger partial charge in [0.05, 0.1) is 6.04 Å². The lowest BCUT2D eigenvalue weighted by atomic mass is 9.92. The molecule has 0 amide bonds. The van der Waals surface area contributed by atoms with E-state index in [1.807, 2.05) is 0 Å². The molecule has 0 aliphatic carbocycles. The molecule has 22 heavy (non-hydrogen) atoms. The van der Waals surface area contributed by atoms with Crippen molar-refractivity contribution in [1.82, 2.24) is 9.80 Å². The minimum atomic E-state index is -0.466. The maximum absolute atomic E-state index is 10.9. The minimum Gasteiger partial charge on any atom is -0.491 e. The number of aliphatic hydroxyl groups is 1. The predicted molar refractivity (Wildman–Crippen MR) is 88.4 cm³/mol. The van der Waals surface area contributed by atoms with E-state index in [1.54, 1.807) is 0 Å². The monoisotopic (exact) mass is 304 g/mol. The molecule has 122 valence electrons. The molecule has 2 heterocycles. The lowest BCUT2D eigenvalue weighted by molar-refractivity contribution is -0.0146. The van der Waals surface area contributed by atoms with E-state index in [0.29, 0.717) is 12.6 Å². The van der Waals surface area contributed by atoms with Crippen molar-refractivity contribution in [3.05, 3.63) is 28.8 Å². The van der Waals surface area contributed by atoms with Crippen LogP contribution in [-0.2, 0) is 0 Å². The summed E-state index contributed by atoms with van der Waals surface area (Å²) in [4.78, 5) is 4.72. The van der Waals surface area contributed by atoms with Crippen LogP contribution in [-0.4, -0.2) is 60.8 Å². The van der Waals surface area contributed by atoms with E-state index < -0.39 is 6.10 Å². The van der Waals surface area contributed by atoms with Crippen LogP contribution in [0, 0.1) is 13.8 Å². The first-order valence-electron chi connectivity index (χ1n) is 8.30. The number of aryl methyl sites for hydroxylation is 2. The second-order valence-electron chi connectivity index (χ2n) is 7.02. The highest BCUT2D eigenvalue weighted by Crippen LogP contribution is 2.38. The van der Waals surface area contributed by atoms with Crippen LogP contribution in [0.25, 0.3) is 0 Å². The van der Waals surface area contributed by atoms with Crippen molar-refractivity contribution >= 4 is 0 Å². The number of rotatable bonds is 2. The van der Waals surface area contributed by atoms with Crippen molar-refractivity contribution in [2.75, 3.05) is 33.8 Å². The molecule has 1 aromatic rings. The Balaban J connectivity index is 1.79. The molecule has 4 heteroatoms. The van der Waals surface area contributed by atoms with Gasteiger partial charge in [-0.1, -0.05) is 11.6 Å². The van der Waals surface area contributed by atoms with E-state index in [2.05, 4.69) is 49.9 Å². The number of likely N-dealkylation sites (N-methyl/N-ethyl adjacent to an activating group) is 1. The SMILES string of the molecule is Cc1cc(C)c2c(c1)C(O)C(N(C)C1CCN(C)CC1)CO2. The Labute approximate surface area is 133 Å². The van der Waals surface area contributed by atoms with Crippen LogP contribution in [0.15, 0.2) is 12.1 Å². The number of hydrogen-bond acceptors (Lipinski definition) is 4. The van der Waals surface area contributed by atoms with Gasteiger partial charge in [0.25, 0.3) is 0 Å². The van der Waals surface area contributed by atoms with Crippen molar-refractivity contribution < 1.29 is 9.84 Å². The van der Waals surface area contributed by atoms with Gasteiger partial charge in [0.1, 0.15) is 18.5 Å². The molecule has 1 aromatic carbocycles. The van der Waals surface area contributed by atoms with E-state index >= 15 is 0 Å². The first kappa shape index (κ1) is 15.8. The number of ether oxygens (including phenoxy) is 1. The van der Waals surface area contributed by atoms with Crippen molar-refractivity contribution in [2.24, 2.45) is 0 Å².